The standard InChI is InChI=1S/C15H34N4/c1-14(2)12-15(13-17(3)4)16-6-7-19-10-8-18(5)9-11-19/h14-16H,6-13H2,1-5H3. The molecule has 1 rings (SSSR count). The van der Waals surface area contributed by atoms with Gasteiger partial charge < -0.3 is 15.1 Å². The Bertz CT molecular complexity index is 212. The quantitative estimate of drug-likeness (QED) is 0.704. The van der Waals surface area contributed by atoms with E-state index in [-0.39, 0.29) is 0 Å². The first-order chi connectivity index (χ1) is 8.97. The van der Waals surface area contributed by atoms with Gasteiger partial charge in [-0.05, 0) is 33.5 Å². The van der Waals surface area contributed by atoms with Gasteiger partial charge in [0.1, 0.15) is 0 Å². The summed E-state index contributed by atoms with van der Waals surface area (Å²) in [5.74, 6) is 0.765. The Balaban J connectivity index is 2.19. The number of nitrogens with one attached hydrogen (secondary N) is 1. The van der Waals surface area contributed by atoms with Crippen LogP contribution in [0.1, 0.15) is 20.3 Å². The highest BCUT2D eigenvalue weighted by Gasteiger charge is 2.15. The van der Waals surface area contributed by atoms with E-state index in [0.717, 1.165) is 19.0 Å². The van der Waals surface area contributed by atoms with Gasteiger partial charge in [-0.2, -0.15) is 0 Å². The summed E-state index contributed by atoms with van der Waals surface area (Å²) in [6, 6.07) is 0.627. The second kappa shape index (κ2) is 8.90. The first-order valence-corrected chi connectivity index (χ1v) is 7.76. The lowest BCUT2D eigenvalue weighted by molar-refractivity contribution is 0.152. The molecule has 1 unspecified atom stereocenters. The molecule has 0 radical (unpaired) electrons. The molecule has 1 N–H and O–H groups in total. The van der Waals surface area contributed by atoms with Crippen LogP contribution in [-0.4, -0.2) is 87.7 Å². The molecule has 0 aromatic rings. The molecule has 1 fully saturated rings. The van der Waals surface area contributed by atoms with Gasteiger partial charge in [-0.3, -0.25) is 4.90 Å². The Labute approximate surface area is 120 Å². The SMILES string of the molecule is CC(C)CC(CN(C)C)NCCN1CCN(C)CC1. The number of hydrogen-bond acceptors (Lipinski definition) is 4. The maximum absolute atomic E-state index is 3.74. The second-order valence-electron chi connectivity index (χ2n) is 6.69. The molecule has 114 valence electrons. The molecule has 1 atom stereocenters. The molecule has 0 aliphatic carbocycles. The molecule has 0 bridgehead atoms. The molecule has 0 saturated carbocycles. The largest absolute Gasteiger partial charge is 0.311 e. The fraction of sp³-hybridized carbons (Fsp3) is 1.00. The molecule has 0 amide bonds. The number of likely N-dealkylation sites (N-methyl/N-ethyl adjacent to an activating group) is 2. The maximum Gasteiger partial charge on any atom is 0.0197 e. The first-order valence-electron chi connectivity index (χ1n) is 7.76. The summed E-state index contributed by atoms with van der Waals surface area (Å²) in [5.41, 5.74) is 0. The van der Waals surface area contributed by atoms with Crippen LogP contribution in [0, 0.1) is 5.92 Å². The topological polar surface area (TPSA) is 21.8 Å². The van der Waals surface area contributed by atoms with Crippen molar-refractivity contribution in [1.29, 1.82) is 0 Å². The minimum absolute atomic E-state index is 0.627. The van der Waals surface area contributed by atoms with Gasteiger partial charge in [0.15, 0.2) is 0 Å². The van der Waals surface area contributed by atoms with E-state index in [1.807, 2.05) is 0 Å². The number of hydrogen-bond donors (Lipinski definition) is 1. The van der Waals surface area contributed by atoms with Crippen LogP contribution in [0.25, 0.3) is 0 Å². The second-order valence-corrected chi connectivity index (χ2v) is 6.69. The Kier molecular flexibility index (Phi) is 7.91. The van der Waals surface area contributed by atoms with Gasteiger partial charge >= 0.3 is 0 Å². The van der Waals surface area contributed by atoms with Crippen LogP contribution >= 0.6 is 0 Å². The van der Waals surface area contributed by atoms with Crippen LogP contribution in [-0.2, 0) is 0 Å². The van der Waals surface area contributed by atoms with Crippen LogP contribution in [0.5, 0.6) is 0 Å². The van der Waals surface area contributed by atoms with Crippen LogP contribution in [0.4, 0.5) is 0 Å². The van der Waals surface area contributed by atoms with Crippen molar-refractivity contribution in [1.82, 2.24) is 20.0 Å². The maximum atomic E-state index is 3.74. The van der Waals surface area contributed by atoms with Crippen molar-refractivity contribution in [3.05, 3.63) is 0 Å². The van der Waals surface area contributed by atoms with Crippen molar-refractivity contribution in [2.45, 2.75) is 26.3 Å². The summed E-state index contributed by atoms with van der Waals surface area (Å²) in [6.07, 6.45) is 1.26. The number of piperazine rings is 1. The normalized spacial score (nSPS) is 20.4. The third-order valence-electron chi connectivity index (χ3n) is 3.80. The molecule has 1 aliphatic rings. The summed E-state index contributed by atoms with van der Waals surface area (Å²) < 4.78 is 0. The Hall–Kier alpha value is -0.160. The molecule has 1 heterocycles. The molecular weight excluding hydrogens is 236 g/mol. The molecular formula is C15H34N4. The van der Waals surface area contributed by atoms with Crippen LogP contribution in [0.3, 0.4) is 0 Å². The van der Waals surface area contributed by atoms with E-state index in [9.17, 15) is 0 Å². The van der Waals surface area contributed by atoms with E-state index in [0.29, 0.717) is 6.04 Å². The van der Waals surface area contributed by atoms with Crippen molar-refractivity contribution in [3.8, 4) is 0 Å². The molecule has 0 spiro atoms. The van der Waals surface area contributed by atoms with Crippen molar-refractivity contribution in [2.24, 2.45) is 5.92 Å². The number of rotatable bonds is 8. The summed E-state index contributed by atoms with van der Waals surface area (Å²) in [5, 5.41) is 3.74. The fourth-order valence-electron chi connectivity index (χ4n) is 2.73. The fourth-order valence-corrected chi connectivity index (χ4v) is 2.73. The average molecular weight is 270 g/mol. The Morgan fingerprint density at radius 3 is 2.26 bits per heavy atom. The van der Waals surface area contributed by atoms with Crippen molar-refractivity contribution in [3.63, 3.8) is 0 Å². The summed E-state index contributed by atoms with van der Waals surface area (Å²) >= 11 is 0. The van der Waals surface area contributed by atoms with Crippen LogP contribution < -0.4 is 5.32 Å². The molecule has 0 aromatic heterocycles. The van der Waals surface area contributed by atoms with E-state index in [1.54, 1.807) is 0 Å². The summed E-state index contributed by atoms with van der Waals surface area (Å²) in [7, 11) is 6.54. The van der Waals surface area contributed by atoms with Crippen LogP contribution in [0.2, 0.25) is 0 Å². The first kappa shape index (κ1) is 16.9. The number of nitrogens with zero attached hydrogens (tertiary/aromatic N) is 3. The lowest BCUT2D eigenvalue weighted by Crippen LogP contribution is -2.48. The lowest BCUT2D eigenvalue weighted by atomic mass is 10.0. The van der Waals surface area contributed by atoms with Gasteiger partial charge in [0, 0.05) is 51.9 Å². The third-order valence-corrected chi connectivity index (χ3v) is 3.80. The smallest absolute Gasteiger partial charge is 0.0197 e. The zero-order chi connectivity index (χ0) is 14.3. The van der Waals surface area contributed by atoms with Crippen LogP contribution in [0.15, 0.2) is 0 Å². The van der Waals surface area contributed by atoms with E-state index < -0.39 is 0 Å². The highest BCUT2D eigenvalue weighted by atomic mass is 15.2. The average Bonchev–Trinajstić information content (AvgIpc) is 2.30. The van der Waals surface area contributed by atoms with E-state index >= 15 is 0 Å². The van der Waals surface area contributed by atoms with Gasteiger partial charge in [0.25, 0.3) is 0 Å². The Morgan fingerprint density at radius 2 is 1.74 bits per heavy atom. The molecule has 1 saturated heterocycles. The van der Waals surface area contributed by atoms with Gasteiger partial charge in [0.2, 0.25) is 0 Å². The highest BCUT2D eigenvalue weighted by molar-refractivity contribution is 4.74. The summed E-state index contributed by atoms with van der Waals surface area (Å²) in [4.78, 5) is 7.28. The van der Waals surface area contributed by atoms with Crippen molar-refractivity contribution < 1.29 is 0 Å². The van der Waals surface area contributed by atoms with Gasteiger partial charge in [-0.25, -0.2) is 0 Å². The molecule has 4 heteroatoms. The highest BCUT2D eigenvalue weighted by Crippen LogP contribution is 2.05. The van der Waals surface area contributed by atoms with E-state index in [1.165, 1.54) is 39.1 Å². The van der Waals surface area contributed by atoms with Gasteiger partial charge in [-0.15, -0.1) is 0 Å². The molecule has 0 aromatic carbocycles. The predicted octanol–water partition coefficient (Wildman–Crippen LogP) is 0.800. The van der Waals surface area contributed by atoms with Gasteiger partial charge in [-0.1, -0.05) is 13.8 Å². The van der Waals surface area contributed by atoms with Crippen molar-refractivity contribution >= 4 is 0 Å². The minimum atomic E-state index is 0.627. The molecule has 19 heavy (non-hydrogen) atoms. The van der Waals surface area contributed by atoms with Gasteiger partial charge in [0.05, 0.1) is 0 Å². The molecule has 4 nitrogen and oxygen atoms in total. The Morgan fingerprint density at radius 1 is 1.11 bits per heavy atom. The monoisotopic (exact) mass is 270 g/mol. The summed E-state index contributed by atoms with van der Waals surface area (Å²) in [6.45, 7) is 12.9. The van der Waals surface area contributed by atoms with E-state index in [2.05, 4.69) is 55.0 Å². The predicted molar refractivity (Wildman–Crippen MR) is 83.7 cm³/mol. The lowest BCUT2D eigenvalue weighted by Gasteiger charge is -2.33. The zero-order valence-corrected chi connectivity index (χ0v) is 13.7. The van der Waals surface area contributed by atoms with Crippen molar-refractivity contribution in [2.75, 3.05) is 67.0 Å². The minimum Gasteiger partial charge on any atom is -0.311 e. The third kappa shape index (κ3) is 7.88. The molecule has 1 aliphatic heterocycles. The van der Waals surface area contributed by atoms with E-state index in [4.69, 9.17) is 0 Å². The zero-order valence-electron chi connectivity index (χ0n) is 13.7.